The van der Waals surface area contributed by atoms with Crippen LogP contribution in [0.15, 0.2) is 23.8 Å². The molecule has 3 N–H and O–H groups in total. The minimum absolute atomic E-state index is 0.0434. The fourth-order valence-electron chi connectivity index (χ4n) is 0.916. The molecule has 3 nitrogen and oxygen atoms in total. The molecule has 0 amide bonds. The Kier molecular flexibility index (Phi) is 2.07. The summed E-state index contributed by atoms with van der Waals surface area (Å²) in [5, 5.41) is 15.6. The fourth-order valence-corrected chi connectivity index (χ4v) is 0.916. The maximum atomic E-state index is 8.50. The van der Waals surface area contributed by atoms with Gasteiger partial charge < -0.3 is 5.73 Å². The first kappa shape index (κ1) is 7.55. The highest BCUT2D eigenvalue weighted by molar-refractivity contribution is 5.97. The van der Waals surface area contributed by atoms with Crippen molar-refractivity contribution < 1.29 is 0 Å². The van der Waals surface area contributed by atoms with Crippen molar-refractivity contribution in [2.24, 2.45) is 11.7 Å². The summed E-state index contributed by atoms with van der Waals surface area (Å²) in [6.45, 7) is 0. The lowest BCUT2D eigenvalue weighted by Gasteiger charge is -2.07. The third-order valence-electron chi connectivity index (χ3n) is 1.58. The molecule has 0 aromatic rings. The number of nitrogens with zero attached hydrogens (tertiary/aromatic N) is 1. The molecule has 0 aromatic carbocycles. The number of nitrogens with one attached hydrogen (secondary N) is 1. The highest BCUT2D eigenvalue weighted by Gasteiger charge is 2.07. The van der Waals surface area contributed by atoms with Crippen molar-refractivity contribution >= 4 is 5.84 Å². The van der Waals surface area contributed by atoms with Crippen LogP contribution in [0.4, 0.5) is 0 Å². The van der Waals surface area contributed by atoms with Gasteiger partial charge in [0, 0.05) is 5.57 Å². The maximum absolute atomic E-state index is 8.50. The Balaban J connectivity index is 2.69. The molecule has 0 saturated heterocycles. The maximum Gasteiger partial charge on any atom is 0.122 e. The van der Waals surface area contributed by atoms with E-state index in [0.29, 0.717) is 6.42 Å². The Hall–Kier alpha value is -1.56. The van der Waals surface area contributed by atoms with E-state index in [2.05, 4.69) is 6.07 Å². The van der Waals surface area contributed by atoms with Crippen molar-refractivity contribution in [3.63, 3.8) is 0 Å². The zero-order valence-corrected chi connectivity index (χ0v) is 6.04. The lowest BCUT2D eigenvalue weighted by Crippen LogP contribution is -2.13. The molecule has 11 heavy (non-hydrogen) atoms. The average Bonchev–Trinajstić information content (AvgIpc) is 2.05. The summed E-state index contributed by atoms with van der Waals surface area (Å²) in [4.78, 5) is 0. The fraction of sp³-hybridized carbons (Fsp3) is 0.250. The average molecular weight is 147 g/mol. The largest absolute Gasteiger partial charge is 0.384 e. The van der Waals surface area contributed by atoms with Crippen LogP contribution in [-0.2, 0) is 0 Å². The summed E-state index contributed by atoms with van der Waals surface area (Å²) in [7, 11) is 0. The van der Waals surface area contributed by atoms with Crippen molar-refractivity contribution in [3.8, 4) is 6.07 Å². The van der Waals surface area contributed by atoms with Crippen LogP contribution < -0.4 is 5.73 Å². The molecule has 0 fully saturated rings. The van der Waals surface area contributed by atoms with Crippen molar-refractivity contribution in [2.45, 2.75) is 6.42 Å². The van der Waals surface area contributed by atoms with E-state index in [9.17, 15) is 0 Å². The molecule has 1 rings (SSSR count). The summed E-state index contributed by atoms with van der Waals surface area (Å²) >= 11 is 0. The monoisotopic (exact) mass is 147 g/mol. The van der Waals surface area contributed by atoms with E-state index in [1.54, 1.807) is 12.2 Å². The number of allylic oxidation sites excluding steroid dienone is 2. The van der Waals surface area contributed by atoms with E-state index in [0.717, 1.165) is 5.57 Å². The van der Waals surface area contributed by atoms with Gasteiger partial charge >= 0.3 is 0 Å². The van der Waals surface area contributed by atoms with Crippen molar-refractivity contribution in [1.29, 1.82) is 10.7 Å². The van der Waals surface area contributed by atoms with Crippen LogP contribution in [0.25, 0.3) is 0 Å². The summed E-state index contributed by atoms with van der Waals surface area (Å²) in [5.41, 5.74) is 5.95. The van der Waals surface area contributed by atoms with Gasteiger partial charge in [0.15, 0.2) is 0 Å². The second kappa shape index (κ2) is 3.02. The number of amidine groups is 1. The van der Waals surface area contributed by atoms with Crippen molar-refractivity contribution in [3.05, 3.63) is 23.8 Å². The zero-order valence-electron chi connectivity index (χ0n) is 6.04. The van der Waals surface area contributed by atoms with Gasteiger partial charge in [-0.05, 0) is 6.42 Å². The number of hydrogen-bond donors (Lipinski definition) is 2. The van der Waals surface area contributed by atoms with Gasteiger partial charge in [-0.1, -0.05) is 18.2 Å². The first-order valence-electron chi connectivity index (χ1n) is 3.36. The van der Waals surface area contributed by atoms with Gasteiger partial charge in [0.05, 0.1) is 12.0 Å². The van der Waals surface area contributed by atoms with Gasteiger partial charge in [0.1, 0.15) is 5.84 Å². The lowest BCUT2D eigenvalue weighted by atomic mass is 9.98. The predicted molar refractivity (Wildman–Crippen MR) is 42.9 cm³/mol. The van der Waals surface area contributed by atoms with E-state index in [4.69, 9.17) is 16.4 Å². The first-order valence-corrected chi connectivity index (χ1v) is 3.36. The van der Waals surface area contributed by atoms with E-state index < -0.39 is 0 Å². The quantitative estimate of drug-likeness (QED) is 0.428. The van der Waals surface area contributed by atoms with Crippen LogP contribution >= 0.6 is 0 Å². The first-order chi connectivity index (χ1) is 5.24. The molecule has 56 valence electrons. The molecule has 1 aliphatic rings. The number of rotatable bonds is 1. The smallest absolute Gasteiger partial charge is 0.122 e. The standard InChI is InChI=1S/C8H9N3/c9-5-6-1-3-7(4-2-6)8(10)11/h1,3-4,6H,2H2,(H3,10,11). The molecule has 1 atom stereocenters. The number of hydrogen-bond acceptors (Lipinski definition) is 2. The second-order valence-electron chi connectivity index (χ2n) is 2.40. The highest BCUT2D eigenvalue weighted by atomic mass is 14.7. The Morgan fingerprint density at radius 3 is 2.91 bits per heavy atom. The second-order valence-corrected chi connectivity index (χ2v) is 2.40. The normalized spacial score (nSPS) is 22.1. The molecule has 0 saturated carbocycles. The summed E-state index contributed by atoms with van der Waals surface area (Å²) in [5.74, 6) is 0.0238. The van der Waals surface area contributed by atoms with Crippen LogP contribution in [-0.4, -0.2) is 5.84 Å². The highest BCUT2D eigenvalue weighted by Crippen LogP contribution is 2.14. The van der Waals surface area contributed by atoms with Gasteiger partial charge in [-0.15, -0.1) is 0 Å². The van der Waals surface area contributed by atoms with Gasteiger partial charge in [-0.3, -0.25) is 5.41 Å². The van der Waals surface area contributed by atoms with Gasteiger partial charge in [0.2, 0.25) is 0 Å². The van der Waals surface area contributed by atoms with Crippen LogP contribution in [0.5, 0.6) is 0 Å². The number of nitriles is 1. The van der Waals surface area contributed by atoms with Crippen LogP contribution in [0.1, 0.15) is 6.42 Å². The molecule has 0 bridgehead atoms. The van der Waals surface area contributed by atoms with Crippen LogP contribution in [0.3, 0.4) is 0 Å². The topological polar surface area (TPSA) is 73.7 Å². The van der Waals surface area contributed by atoms with E-state index in [1.807, 2.05) is 6.08 Å². The minimum atomic E-state index is -0.0434. The SMILES string of the molecule is N#CC1C=CC(C(=N)N)=CC1. The van der Waals surface area contributed by atoms with Crippen molar-refractivity contribution in [2.75, 3.05) is 0 Å². The van der Waals surface area contributed by atoms with Gasteiger partial charge in [-0.25, -0.2) is 0 Å². The third-order valence-corrected chi connectivity index (χ3v) is 1.58. The third kappa shape index (κ3) is 1.68. The van der Waals surface area contributed by atoms with Crippen LogP contribution in [0, 0.1) is 22.7 Å². The molecule has 1 unspecified atom stereocenters. The lowest BCUT2D eigenvalue weighted by molar-refractivity contribution is 0.833. The van der Waals surface area contributed by atoms with Crippen LogP contribution in [0.2, 0.25) is 0 Å². The van der Waals surface area contributed by atoms with Gasteiger partial charge in [0.25, 0.3) is 0 Å². The minimum Gasteiger partial charge on any atom is -0.384 e. The molecule has 0 aliphatic heterocycles. The molecular formula is C8H9N3. The Bertz CT molecular complexity index is 268. The van der Waals surface area contributed by atoms with E-state index in [1.165, 1.54) is 0 Å². The predicted octanol–water partition coefficient (Wildman–Crippen LogP) is 0.948. The Morgan fingerprint density at radius 2 is 2.55 bits per heavy atom. The summed E-state index contributed by atoms with van der Waals surface area (Å²) in [6, 6.07) is 2.12. The van der Waals surface area contributed by atoms with Crippen molar-refractivity contribution in [1.82, 2.24) is 0 Å². The molecule has 3 heteroatoms. The summed E-state index contributed by atoms with van der Waals surface area (Å²) < 4.78 is 0. The molecule has 0 radical (unpaired) electrons. The Labute approximate surface area is 65.3 Å². The molecule has 0 spiro atoms. The molecule has 0 heterocycles. The van der Waals surface area contributed by atoms with Gasteiger partial charge in [-0.2, -0.15) is 5.26 Å². The Morgan fingerprint density at radius 1 is 1.82 bits per heavy atom. The molecule has 1 aliphatic carbocycles. The molecular weight excluding hydrogens is 138 g/mol. The number of nitrogens with two attached hydrogens (primary N) is 1. The summed E-state index contributed by atoms with van der Waals surface area (Å²) in [6.07, 6.45) is 5.98. The van der Waals surface area contributed by atoms with E-state index >= 15 is 0 Å². The molecule has 0 aromatic heterocycles. The van der Waals surface area contributed by atoms with E-state index in [-0.39, 0.29) is 11.8 Å². The zero-order chi connectivity index (χ0) is 8.27.